The number of carbonyl (C=O) groups is 1. The van der Waals surface area contributed by atoms with Crippen LogP contribution in [0.3, 0.4) is 0 Å². The van der Waals surface area contributed by atoms with Crippen LogP contribution in [0.4, 0.5) is 10.1 Å². The summed E-state index contributed by atoms with van der Waals surface area (Å²) in [5.74, 6) is -0.954. The number of carbonyl (C=O) groups excluding carboxylic acids is 1. The first-order valence-electron chi connectivity index (χ1n) is 6.80. The van der Waals surface area contributed by atoms with Gasteiger partial charge in [-0.2, -0.15) is 0 Å². The molecule has 6 nitrogen and oxygen atoms in total. The second kappa shape index (κ2) is 5.77. The Hall–Kier alpha value is -2.02. The molecule has 1 heterocycles. The molecule has 1 aromatic carbocycles. The maximum atomic E-state index is 14.1. The average molecular weight is 295 g/mol. The van der Waals surface area contributed by atoms with Crippen molar-refractivity contribution < 1.29 is 14.1 Å². The summed E-state index contributed by atoms with van der Waals surface area (Å²) in [7, 11) is 0. The maximum Gasteiger partial charge on any atom is 0.270 e. The molecule has 1 amide bonds. The van der Waals surface area contributed by atoms with Crippen molar-refractivity contribution in [3.63, 3.8) is 0 Å². The van der Waals surface area contributed by atoms with Gasteiger partial charge in [-0.1, -0.05) is 6.92 Å². The van der Waals surface area contributed by atoms with Crippen molar-refractivity contribution in [2.45, 2.75) is 26.3 Å². The summed E-state index contributed by atoms with van der Waals surface area (Å²) in [5.41, 5.74) is 5.47. The van der Waals surface area contributed by atoms with Crippen molar-refractivity contribution in [3.8, 4) is 0 Å². The molecule has 0 aromatic heterocycles. The number of hydrogen-bond acceptors (Lipinski definition) is 4. The Morgan fingerprint density at radius 2 is 2.19 bits per heavy atom. The summed E-state index contributed by atoms with van der Waals surface area (Å²) in [6.07, 6.45) is 0.739. The van der Waals surface area contributed by atoms with Crippen LogP contribution in [0, 0.1) is 28.8 Å². The van der Waals surface area contributed by atoms with E-state index in [4.69, 9.17) is 5.73 Å². The Morgan fingerprint density at radius 1 is 1.52 bits per heavy atom. The molecule has 21 heavy (non-hydrogen) atoms. The van der Waals surface area contributed by atoms with Crippen LogP contribution < -0.4 is 5.73 Å². The van der Waals surface area contributed by atoms with Gasteiger partial charge in [0.2, 0.25) is 0 Å². The van der Waals surface area contributed by atoms with Gasteiger partial charge in [-0.25, -0.2) is 4.39 Å². The first-order chi connectivity index (χ1) is 9.81. The number of likely N-dealkylation sites (tertiary alicyclic amines) is 1. The summed E-state index contributed by atoms with van der Waals surface area (Å²) in [4.78, 5) is 24.1. The standard InChI is InChI=1S/C14H18FN3O3/c1-8-3-4-17(7-12(8)16)14(19)11-6-10(18(20)21)5-9(2)13(11)15/h5-6,8,12H,3-4,7,16H2,1-2H3. The largest absolute Gasteiger partial charge is 0.337 e. The lowest BCUT2D eigenvalue weighted by molar-refractivity contribution is -0.385. The highest BCUT2D eigenvalue weighted by atomic mass is 19.1. The molecule has 2 rings (SSSR count). The SMILES string of the molecule is Cc1cc([N+](=O)[O-])cc(C(=O)N2CCC(C)C(N)C2)c1F. The summed E-state index contributed by atoms with van der Waals surface area (Å²) in [6.45, 7) is 4.23. The zero-order valence-electron chi connectivity index (χ0n) is 12.0. The molecular formula is C14H18FN3O3. The monoisotopic (exact) mass is 295 g/mol. The van der Waals surface area contributed by atoms with Crippen LogP contribution in [0.15, 0.2) is 12.1 Å². The van der Waals surface area contributed by atoms with Crippen molar-refractivity contribution in [1.29, 1.82) is 0 Å². The van der Waals surface area contributed by atoms with Gasteiger partial charge in [0.1, 0.15) is 5.82 Å². The second-order valence-corrected chi connectivity index (χ2v) is 5.56. The van der Waals surface area contributed by atoms with Crippen molar-refractivity contribution in [2.75, 3.05) is 13.1 Å². The lowest BCUT2D eigenvalue weighted by Gasteiger charge is -2.35. The van der Waals surface area contributed by atoms with E-state index in [2.05, 4.69) is 0 Å². The van der Waals surface area contributed by atoms with Crippen LogP contribution in [0.2, 0.25) is 0 Å². The molecule has 1 aromatic rings. The Kier molecular flexibility index (Phi) is 4.22. The van der Waals surface area contributed by atoms with Crippen LogP contribution >= 0.6 is 0 Å². The summed E-state index contributed by atoms with van der Waals surface area (Å²) in [5, 5.41) is 10.8. The highest BCUT2D eigenvalue weighted by Gasteiger charge is 2.29. The third-order valence-electron chi connectivity index (χ3n) is 3.98. The van der Waals surface area contributed by atoms with E-state index in [1.807, 2.05) is 6.92 Å². The van der Waals surface area contributed by atoms with Gasteiger partial charge in [0.15, 0.2) is 0 Å². The number of halogens is 1. The number of benzene rings is 1. The number of non-ortho nitro benzene ring substituents is 1. The predicted molar refractivity (Wildman–Crippen MR) is 75.5 cm³/mol. The lowest BCUT2D eigenvalue weighted by Crippen LogP contribution is -2.49. The third kappa shape index (κ3) is 3.02. The molecule has 1 aliphatic rings. The van der Waals surface area contributed by atoms with Gasteiger partial charge in [-0.15, -0.1) is 0 Å². The molecule has 1 fully saturated rings. The van der Waals surface area contributed by atoms with Crippen molar-refractivity contribution >= 4 is 11.6 Å². The van der Waals surface area contributed by atoms with Gasteiger partial charge in [0.05, 0.1) is 10.5 Å². The molecule has 7 heteroatoms. The lowest BCUT2D eigenvalue weighted by atomic mass is 9.93. The number of nitro benzene ring substituents is 1. The van der Waals surface area contributed by atoms with Gasteiger partial charge < -0.3 is 10.6 Å². The molecule has 114 valence electrons. The maximum absolute atomic E-state index is 14.1. The number of amides is 1. The quantitative estimate of drug-likeness (QED) is 0.666. The fourth-order valence-electron chi connectivity index (χ4n) is 2.47. The number of aryl methyl sites for hydroxylation is 1. The van der Waals surface area contributed by atoms with Crippen molar-refractivity contribution in [2.24, 2.45) is 11.7 Å². The minimum Gasteiger partial charge on any atom is -0.337 e. The number of piperidine rings is 1. The molecular weight excluding hydrogens is 277 g/mol. The molecule has 0 aliphatic carbocycles. The van der Waals surface area contributed by atoms with E-state index in [1.54, 1.807) is 0 Å². The van der Waals surface area contributed by atoms with Gasteiger partial charge in [-0.3, -0.25) is 14.9 Å². The van der Waals surface area contributed by atoms with Crippen LogP contribution in [-0.2, 0) is 0 Å². The van der Waals surface area contributed by atoms with E-state index in [-0.39, 0.29) is 22.9 Å². The summed E-state index contributed by atoms with van der Waals surface area (Å²) >= 11 is 0. The van der Waals surface area contributed by atoms with E-state index in [0.29, 0.717) is 19.0 Å². The minimum absolute atomic E-state index is 0.0854. The Bertz CT molecular complexity index is 591. The van der Waals surface area contributed by atoms with Gasteiger partial charge in [0.25, 0.3) is 11.6 Å². The van der Waals surface area contributed by atoms with Crippen LogP contribution in [0.5, 0.6) is 0 Å². The second-order valence-electron chi connectivity index (χ2n) is 5.56. The Morgan fingerprint density at radius 3 is 2.76 bits per heavy atom. The fourth-order valence-corrected chi connectivity index (χ4v) is 2.47. The molecule has 2 atom stereocenters. The summed E-state index contributed by atoms with van der Waals surface area (Å²) < 4.78 is 14.1. The van der Waals surface area contributed by atoms with Gasteiger partial charge in [0, 0.05) is 31.3 Å². The van der Waals surface area contributed by atoms with Crippen LogP contribution in [0.25, 0.3) is 0 Å². The molecule has 1 saturated heterocycles. The molecule has 2 N–H and O–H groups in total. The average Bonchev–Trinajstić information content (AvgIpc) is 2.43. The van der Waals surface area contributed by atoms with Crippen LogP contribution in [0.1, 0.15) is 29.3 Å². The van der Waals surface area contributed by atoms with Gasteiger partial charge >= 0.3 is 0 Å². The zero-order chi connectivity index (χ0) is 15.7. The first kappa shape index (κ1) is 15.4. The minimum atomic E-state index is -0.710. The third-order valence-corrected chi connectivity index (χ3v) is 3.98. The van der Waals surface area contributed by atoms with E-state index >= 15 is 0 Å². The van der Waals surface area contributed by atoms with E-state index in [0.717, 1.165) is 18.6 Å². The van der Waals surface area contributed by atoms with Gasteiger partial charge in [-0.05, 0) is 24.8 Å². The number of nitro groups is 1. The Balaban J connectivity index is 2.33. The fraction of sp³-hybridized carbons (Fsp3) is 0.500. The highest BCUT2D eigenvalue weighted by molar-refractivity contribution is 5.95. The molecule has 0 spiro atoms. The zero-order valence-corrected chi connectivity index (χ0v) is 12.0. The molecule has 0 bridgehead atoms. The normalized spacial score (nSPS) is 22.2. The Labute approximate surface area is 121 Å². The van der Waals surface area contributed by atoms with Crippen molar-refractivity contribution in [3.05, 3.63) is 39.2 Å². The topological polar surface area (TPSA) is 89.5 Å². The van der Waals surface area contributed by atoms with Crippen LogP contribution in [-0.4, -0.2) is 34.9 Å². The molecule has 1 aliphatic heterocycles. The number of nitrogens with zero attached hydrogens (tertiary/aromatic N) is 2. The first-order valence-corrected chi connectivity index (χ1v) is 6.80. The number of rotatable bonds is 2. The molecule has 2 unspecified atom stereocenters. The van der Waals surface area contributed by atoms with Crippen molar-refractivity contribution in [1.82, 2.24) is 4.90 Å². The highest BCUT2D eigenvalue weighted by Crippen LogP contribution is 2.24. The van der Waals surface area contributed by atoms with E-state index in [1.165, 1.54) is 11.8 Å². The predicted octanol–water partition coefficient (Wildman–Crippen LogP) is 1.85. The van der Waals surface area contributed by atoms with E-state index < -0.39 is 16.6 Å². The molecule has 0 radical (unpaired) electrons. The number of nitrogens with two attached hydrogens (primary N) is 1. The summed E-state index contributed by atoms with van der Waals surface area (Å²) in [6, 6.07) is 1.95. The molecule has 0 saturated carbocycles. The smallest absolute Gasteiger partial charge is 0.270 e. The van der Waals surface area contributed by atoms with E-state index in [9.17, 15) is 19.3 Å². The number of hydrogen-bond donors (Lipinski definition) is 1.